The molecule has 0 amide bonds. The Hall–Kier alpha value is -3.78. The van der Waals surface area contributed by atoms with Gasteiger partial charge in [-0.3, -0.25) is 5.01 Å². The van der Waals surface area contributed by atoms with Crippen molar-refractivity contribution in [2.24, 2.45) is 10.2 Å². The van der Waals surface area contributed by atoms with E-state index in [1.807, 2.05) is 42.5 Å². The Labute approximate surface area is 199 Å². The minimum absolute atomic E-state index is 0.322. The molecule has 3 aromatic rings. The molecule has 0 unspecified atom stereocenters. The lowest BCUT2D eigenvalue weighted by Crippen LogP contribution is -2.31. The Bertz CT molecular complexity index is 1270. The molecule has 172 valence electrons. The van der Waals surface area contributed by atoms with Gasteiger partial charge in [-0.25, -0.2) is 5.01 Å². The normalized spacial score (nSPS) is 15.5. The zero-order valence-corrected chi connectivity index (χ0v) is 18.5. The second kappa shape index (κ2) is 8.87. The molecule has 3 aromatic carbocycles. The lowest BCUT2D eigenvalue weighted by Gasteiger charge is -2.23. The molecule has 0 saturated heterocycles. The number of rotatable bonds is 5. The highest BCUT2D eigenvalue weighted by molar-refractivity contribution is 6.30. The predicted octanol–water partition coefficient (Wildman–Crippen LogP) is 6.24. The molecule has 5 rings (SSSR count). The van der Waals surface area contributed by atoms with Gasteiger partial charge in [0.1, 0.15) is 12.4 Å². The molecular weight excluding hydrogens is 465 g/mol. The number of amidine groups is 1. The summed E-state index contributed by atoms with van der Waals surface area (Å²) in [6, 6.07) is 21.7. The van der Waals surface area contributed by atoms with Crippen molar-refractivity contribution in [3.8, 4) is 5.75 Å². The van der Waals surface area contributed by atoms with Crippen LogP contribution in [0.3, 0.4) is 0 Å². The summed E-state index contributed by atoms with van der Waals surface area (Å²) in [6.45, 7) is 0.658. The molecule has 0 spiro atoms. The van der Waals surface area contributed by atoms with Gasteiger partial charge in [-0.15, -0.1) is 0 Å². The molecule has 0 bridgehead atoms. The second-order valence-corrected chi connectivity index (χ2v) is 8.17. The van der Waals surface area contributed by atoms with E-state index in [9.17, 15) is 13.2 Å². The fourth-order valence-corrected chi connectivity index (χ4v) is 3.76. The number of halogens is 4. The van der Waals surface area contributed by atoms with E-state index in [1.165, 1.54) is 12.1 Å². The Morgan fingerprint density at radius 1 is 0.912 bits per heavy atom. The van der Waals surface area contributed by atoms with Crippen molar-refractivity contribution in [3.63, 3.8) is 0 Å². The van der Waals surface area contributed by atoms with Crippen LogP contribution in [0.25, 0.3) is 5.57 Å². The SMILES string of the molecule is FC(F)(F)c1ccc(CN2CN3N=CC(c4ccc(Cl)cc4)=C(Oc4ccccc4)C3=N2)cc1. The standard InChI is InChI=1S/C25H18ClF3N4O/c26-20-12-8-18(9-13-20)22-14-30-33-16-32(15-17-6-10-19(11-7-17)25(27,28)29)31-24(33)23(22)34-21-4-2-1-3-5-21/h1-14H,15-16H2. The first-order valence-electron chi connectivity index (χ1n) is 10.4. The molecule has 2 heterocycles. The van der Waals surface area contributed by atoms with Gasteiger partial charge in [0.05, 0.1) is 18.3 Å². The fraction of sp³-hybridized carbons (Fsp3) is 0.120. The number of ether oxygens (including phenoxy) is 1. The van der Waals surface area contributed by atoms with Crippen molar-refractivity contribution < 1.29 is 17.9 Å². The number of nitrogens with zero attached hydrogens (tertiary/aromatic N) is 4. The summed E-state index contributed by atoms with van der Waals surface area (Å²) in [5, 5.41) is 13.2. The van der Waals surface area contributed by atoms with Gasteiger partial charge in [0.2, 0.25) is 5.84 Å². The van der Waals surface area contributed by atoms with Crippen LogP contribution in [0, 0.1) is 0 Å². The Balaban J connectivity index is 1.46. The molecule has 0 fully saturated rings. The number of alkyl halides is 3. The van der Waals surface area contributed by atoms with E-state index in [0.717, 1.165) is 23.3 Å². The van der Waals surface area contributed by atoms with Crippen LogP contribution in [0.1, 0.15) is 16.7 Å². The molecule has 0 radical (unpaired) electrons. The van der Waals surface area contributed by atoms with Crippen LogP contribution in [0.2, 0.25) is 5.02 Å². The number of para-hydroxylation sites is 1. The summed E-state index contributed by atoms with van der Waals surface area (Å²) < 4.78 is 44.8. The maximum absolute atomic E-state index is 12.9. The third kappa shape index (κ3) is 4.63. The quantitative estimate of drug-likeness (QED) is 0.432. The first-order chi connectivity index (χ1) is 16.4. The molecule has 2 aliphatic heterocycles. The van der Waals surface area contributed by atoms with Gasteiger partial charge in [-0.2, -0.15) is 23.4 Å². The number of allylic oxidation sites excluding steroid dienone is 1. The summed E-state index contributed by atoms with van der Waals surface area (Å²) in [5.74, 6) is 1.68. The lowest BCUT2D eigenvalue weighted by molar-refractivity contribution is -0.137. The summed E-state index contributed by atoms with van der Waals surface area (Å²) in [6.07, 6.45) is -2.66. The highest BCUT2D eigenvalue weighted by Gasteiger charge is 2.33. The molecule has 5 nitrogen and oxygen atoms in total. The van der Waals surface area contributed by atoms with Crippen molar-refractivity contribution in [1.82, 2.24) is 10.0 Å². The summed E-state index contributed by atoms with van der Waals surface area (Å²) in [7, 11) is 0. The van der Waals surface area contributed by atoms with Crippen molar-refractivity contribution in [3.05, 3.63) is 106 Å². The van der Waals surface area contributed by atoms with Gasteiger partial charge >= 0.3 is 6.18 Å². The first kappa shape index (κ1) is 22.0. The van der Waals surface area contributed by atoms with E-state index in [1.54, 1.807) is 28.4 Å². The molecule has 0 aliphatic carbocycles. The third-order valence-corrected chi connectivity index (χ3v) is 5.57. The van der Waals surface area contributed by atoms with Crippen LogP contribution in [-0.4, -0.2) is 28.7 Å². The summed E-state index contributed by atoms with van der Waals surface area (Å²) >= 11 is 6.05. The smallest absolute Gasteiger partial charge is 0.416 e. The summed E-state index contributed by atoms with van der Waals surface area (Å²) in [5.41, 5.74) is 1.63. The molecule has 0 N–H and O–H groups in total. The van der Waals surface area contributed by atoms with Crippen LogP contribution in [0.5, 0.6) is 5.75 Å². The van der Waals surface area contributed by atoms with Crippen molar-refractivity contribution in [2.75, 3.05) is 6.67 Å². The van der Waals surface area contributed by atoms with Crippen LogP contribution >= 0.6 is 11.6 Å². The number of benzene rings is 3. The van der Waals surface area contributed by atoms with E-state index >= 15 is 0 Å². The van der Waals surface area contributed by atoms with Gasteiger partial charge in [0, 0.05) is 10.6 Å². The van der Waals surface area contributed by atoms with Gasteiger partial charge < -0.3 is 4.74 Å². The van der Waals surface area contributed by atoms with E-state index in [-0.39, 0.29) is 0 Å². The van der Waals surface area contributed by atoms with E-state index in [2.05, 4.69) is 10.2 Å². The van der Waals surface area contributed by atoms with Crippen LogP contribution in [-0.2, 0) is 12.7 Å². The van der Waals surface area contributed by atoms with Crippen LogP contribution < -0.4 is 4.74 Å². The number of hydrogen-bond donors (Lipinski definition) is 0. The topological polar surface area (TPSA) is 40.4 Å². The lowest BCUT2D eigenvalue weighted by atomic mass is 10.0. The van der Waals surface area contributed by atoms with Gasteiger partial charge in [0.25, 0.3) is 0 Å². The highest BCUT2D eigenvalue weighted by Crippen LogP contribution is 2.31. The third-order valence-electron chi connectivity index (χ3n) is 5.32. The van der Waals surface area contributed by atoms with Crippen molar-refractivity contribution in [2.45, 2.75) is 12.7 Å². The molecule has 0 saturated carbocycles. The molecule has 34 heavy (non-hydrogen) atoms. The maximum Gasteiger partial charge on any atom is 0.416 e. The van der Waals surface area contributed by atoms with Crippen molar-refractivity contribution >= 4 is 29.2 Å². The number of fused-ring (bicyclic) bond motifs is 1. The fourth-order valence-electron chi connectivity index (χ4n) is 3.64. The maximum atomic E-state index is 12.9. The monoisotopic (exact) mass is 482 g/mol. The van der Waals surface area contributed by atoms with Crippen LogP contribution in [0.4, 0.5) is 13.2 Å². The Morgan fingerprint density at radius 3 is 2.29 bits per heavy atom. The molecule has 0 atom stereocenters. The zero-order valence-electron chi connectivity index (χ0n) is 17.7. The number of hydrazone groups is 2. The van der Waals surface area contributed by atoms with E-state index in [0.29, 0.717) is 41.1 Å². The van der Waals surface area contributed by atoms with Crippen molar-refractivity contribution in [1.29, 1.82) is 0 Å². The van der Waals surface area contributed by atoms with E-state index in [4.69, 9.17) is 16.3 Å². The highest BCUT2D eigenvalue weighted by atomic mass is 35.5. The Kier molecular flexibility index (Phi) is 5.75. The van der Waals surface area contributed by atoms with Gasteiger partial charge in [-0.1, -0.05) is 54.1 Å². The minimum atomic E-state index is -4.37. The largest absolute Gasteiger partial charge is 0.453 e. The average molecular weight is 483 g/mol. The molecule has 9 heteroatoms. The van der Waals surface area contributed by atoms with E-state index < -0.39 is 11.7 Å². The number of hydrogen-bond acceptors (Lipinski definition) is 5. The molecule has 0 aromatic heterocycles. The minimum Gasteiger partial charge on any atom is -0.453 e. The van der Waals surface area contributed by atoms with Gasteiger partial charge in [0.15, 0.2) is 5.76 Å². The Morgan fingerprint density at radius 2 is 1.62 bits per heavy atom. The average Bonchev–Trinajstić information content (AvgIpc) is 3.23. The molecule has 2 aliphatic rings. The van der Waals surface area contributed by atoms with Gasteiger partial charge in [-0.05, 0) is 47.5 Å². The zero-order chi connectivity index (χ0) is 23.7. The first-order valence-corrected chi connectivity index (χ1v) is 10.8. The summed E-state index contributed by atoms with van der Waals surface area (Å²) in [4.78, 5) is 0. The van der Waals surface area contributed by atoms with Crippen LogP contribution in [0.15, 0.2) is 94.8 Å². The molecular formula is C25H18ClF3N4O. The predicted molar refractivity (Wildman–Crippen MR) is 125 cm³/mol. The second-order valence-electron chi connectivity index (χ2n) is 7.73.